The SMILES string of the molecule is CC(C)[C@@H]1C(=O)NCCN1C(=O)NC1CCCCC1. The van der Waals surface area contributed by atoms with Crippen molar-refractivity contribution >= 4 is 11.9 Å². The maximum Gasteiger partial charge on any atom is 0.318 e. The average Bonchev–Trinajstić information content (AvgIpc) is 2.39. The lowest BCUT2D eigenvalue weighted by Gasteiger charge is -2.38. The molecule has 19 heavy (non-hydrogen) atoms. The van der Waals surface area contributed by atoms with Crippen LogP contribution in [0.1, 0.15) is 46.0 Å². The van der Waals surface area contributed by atoms with Gasteiger partial charge in [0.1, 0.15) is 6.04 Å². The van der Waals surface area contributed by atoms with E-state index in [9.17, 15) is 9.59 Å². The van der Waals surface area contributed by atoms with E-state index in [2.05, 4.69) is 10.6 Å². The number of rotatable bonds is 2. The molecule has 1 saturated heterocycles. The Labute approximate surface area is 115 Å². The fourth-order valence-electron chi connectivity index (χ4n) is 3.08. The normalized spacial score (nSPS) is 25.3. The zero-order chi connectivity index (χ0) is 13.8. The third-order valence-corrected chi connectivity index (χ3v) is 4.08. The Morgan fingerprint density at radius 3 is 2.63 bits per heavy atom. The highest BCUT2D eigenvalue weighted by molar-refractivity contribution is 5.88. The first-order valence-corrected chi connectivity index (χ1v) is 7.44. The van der Waals surface area contributed by atoms with Gasteiger partial charge in [0.25, 0.3) is 0 Å². The van der Waals surface area contributed by atoms with Gasteiger partial charge < -0.3 is 15.5 Å². The summed E-state index contributed by atoms with van der Waals surface area (Å²) in [6.45, 7) is 5.13. The Hall–Kier alpha value is -1.26. The van der Waals surface area contributed by atoms with Gasteiger partial charge in [0, 0.05) is 19.1 Å². The molecule has 5 nitrogen and oxygen atoms in total. The Morgan fingerprint density at radius 2 is 2.00 bits per heavy atom. The standard InChI is InChI=1S/C14H25N3O2/c1-10(2)12-13(18)15-8-9-17(12)14(19)16-11-6-4-3-5-7-11/h10-12H,3-9H2,1-2H3,(H,15,18)(H,16,19)/t12-/m1/s1. The number of urea groups is 1. The van der Waals surface area contributed by atoms with Crippen molar-refractivity contribution in [1.29, 1.82) is 0 Å². The zero-order valence-electron chi connectivity index (χ0n) is 11.9. The van der Waals surface area contributed by atoms with Crippen molar-refractivity contribution in [2.45, 2.75) is 58.0 Å². The van der Waals surface area contributed by atoms with Gasteiger partial charge in [0.05, 0.1) is 0 Å². The summed E-state index contributed by atoms with van der Waals surface area (Å²) in [4.78, 5) is 26.0. The van der Waals surface area contributed by atoms with E-state index < -0.39 is 0 Å². The molecule has 2 fully saturated rings. The van der Waals surface area contributed by atoms with Crippen LogP contribution < -0.4 is 10.6 Å². The molecule has 2 rings (SSSR count). The van der Waals surface area contributed by atoms with E-state index >= 15 is 0 Å². The molecular weight excluding hydrogens is 242 g/mol. The number of nitrogens with one attached hydrogen (secondary N) is 2. The molecule has 0 bridgehead atoms. The number of carbonyl (C=O) groups is 2. The highest BCUT2D eigenvalue weighted by Gasteiger charge is 2.35. The molecule has 1 aliphatic carbocycles. The fraction of sp³-hybridized carbons (Fsp3) is 0.857. The Balaban J connectivity index is 1.97. The Bertz CT molecular complexity index is 338. The predicted octanol–water partition coefficient (Wildman–Crippen LogP) is 1.49. The van der Waals surface area contributed by atoms with Gasteiger partial charge in [0.2, 0.25) is 5.91 Å². The summed E-state index contributed by atoms with van der Waals surface area (Å²) < 4.78 is 0. The summed E-state index contributed by atoms with van der Waals surface area (Å²) in [5.74, 6) is 0.109. The quantitative estimate of drug-likeness (QED) is 0.796. The average molecular weight is 267 g/mol. The molecule has 0 aromatic heterocycles. The number of carbonyl (C=O) groups excluding carboxylic acids is 2. The minimum atomic E-state index is -0.336. The van der Waals surface area contributed by atoms with E-state index in [4.69, 9.17) is 0 Å². The van der Waals surface area contributed by atoms with E-state index in [1.807, 2.05) is 13.8 Å². The summed E-state index contributed by atoms with van der Waals surface area (Å²) in [5.41, 5.74) is 0. The van der Waals surface area contributed by atoms with Crippen molar-refractivity contribution in [2.24, 2.45) is 5.92 Å². The molecule has 0 aromatic carbocycles. The lowest BCUT2D eigenvalue weighted by atomic mass is 9.95. The van der Waals surface area contributed by atoms with Crippen LogP contribution in [0.15, 0.2) is 0 Å². The van der Waals surface area contributed by atoms with Gasteiger partial charge in [-0.1, -0.05) is 33.1 Å². The first kappa shape index (κ1) is 14.2. The van der Waals surface area contributed by atoms with Gasteiger partial charge >= 0.3 is 6.03 Å². The van der Waals surface area contributed by atoms with Crippen LogP contribution in [0.4, 0.5) is 4.79 Å². The molecule has 3 amide bonds. The zero-order valence-corrected chi connectivity index (χ0v) is 11.9. The van der Waals surface area contributed by atoms with Crippen molar-refractivity contribution < 1.29 is 9.59 Å². The lowest BCUT2D eigenvalue weighted by Crippen LogP contribution is -2.62. The van der Waals surface area contributed by atoms with E-state index in [0.717, 1.165) is 12.8 Å². The van der Waals surface area contributed by atoms with Crippen molar-refractivity contribution in [2.75, 3.05) is 13.1 Å². The summed E-state index contributed by atoms with van der Waals surface area (Å²) in [5, 5.41) is 5.94. The van der Waals surface area contributed by atoms with Gasteiger partial charge in [-0.2, -0.15) is 0 Å². The molecule has 0 unspecified atom stereocenters. The minimum Gasteiger partial charge on any atom is -0.353 e. The van der Waals surface area contributed by atoms with Crippen LogP contribution in [0, 0.1) is 5.92 Å². The summed E-state index contributed by atoms with van der Waals surface area (Å²) in [6.07, 6.45) is 5.79. The van der Waals surface area contributed by atoms with Crippen LogP contribution in [0.5, 0.6) is 0 Å². The van der Waals surface area contributed by atoms with Crippen LogP contribution >= 0.6 is 0 Å². The monoisotopic (exact) mass is 267 g/mol. The molecule has 0 radical (unpaired) electrons. The number of hydrogen-bond donors (Lipinski definition) is 2. The molecule has 5 heteroatoms. The predicted molar refractivity (Wildman–Crippen MR) is 73.7 cm³/mol. The molecule has 1 aliphatic heterocycles. The topological polar surface area (TPSA) is 61.4 Å². The van der Waals surface area contributed by atoms with Crippen molar-refractivity contribution in [3.05, 3.63) is 0 Å². The minimum absolute atomic E-state index is 0.0277. The van der Waals surface area contributed by atoms with Crippen LogP contribution in [-0.4, -0.2) is 42.0 Å². The number of piperazine rings is 1. The first-order valence-electron chi connectivity index (χ1n) is 7.44. The summed E-state index contributed by atoms with van der Waals surface area (Å²) >= 11 is 0. The number of nitrogens with zero attached hydrogens (tertiary/aromatic N) is 1. The third-order valence-electron chi connectivity index (χ3n) is 4.08. The third kappa shape index (κ3) is 3.39. The van der Waals surface area contributed by atoms with Crippen molar-refractivity contribution in [3.63, 3.8) is 0 Å². The van der Waals surface area contributed by atoms with E-state index in [1.165, 1.54) is 19.3 Å². The number of amides is 3. The van der Waals surface area contributed by atoms with E-state index in [1.54, 1.807) is 4.90 Å². The molecule has 1 saturated carbocycles. The second-order valence-electron chi connectivity index (χ2n) is 5.96. The summed E-state index contributed by atoms with van der Waals surface area (Å²) in [7, 11) is 0. The molecule has 0 spiro atoms. The van der Waals surface area contributed by atoms with Crippen LogP contribution in [0.3, 0.4) is 0 Å². The van der Waals surface area contributed by atoms with Gasteiger partial charge in [-0.25, -0.2) is 4.79 Å². The maximum absolute atomic E-state index is 12.4. The van der Waals surface area contributed by atoms with Gasteiger partial charge in [0.15, 0.2) is 0 Å². The highest BCUT2D eigenvalue weighted by Crippen LogP contribution is 2.19. The Morgan fingerprint density at radius 1 is 1.32 bits per heavy atom. The van der Waals surface area contributed by atoms with Crippen molar-refractivity contribution in [3.8, 4) is 0 Å². The smallest absolute Gasteiger partial charge is 0.318 e. The van der Waals surface area contributed by atoms with Gasteiger partial charge in [-0.3, -0.25) is 4.79 Å². The van der Waals surface area contributed by atoms with Crippen LogP contribution in [0.25, 0.3) is 0 Å². The largest absolute Gasteiger partial charge is 0.353 e. The molecule has 2 aliphatic rings. The van der Waals surface area contributed by atoms with E-state index in [0.29, 0.717) is 19.1 Å². The molecule has 1 atom stereocenters. The number of hydrogen-bond acceptors (Lipinski definition) is 2. The second kappa shape index (κ2) is 6.26. The lowest BCUT2D eigenvalue weighted by molar-refractivity contribution is -0.129. The van der Waals surface area contributed by atoms with Gasteiger partial charge in [-0.05, 0) is 18.8 Å². The first-order chi connectivity index (χ1) is 9.09. The molecule has 1 heterocycles. The maximum atomic E-state index is 12.4. The fourth-order valence-corrected chi connectivity index (χ4v) is 3.08. The highest BCUT2D eigenvalue weighted by atomic mass is 16.2. The van der Waals surface area contributed by atoms with Crippen molar-refractivity contribution in [1.82, 2.24) is 15.5 Å². The summed E-state index contributed by atoms with van der Waals surface area (Å²) in [6, 6.07) is -0.114. The molecule has 0 aromatic rings. The molecule has 2 N–H and O–H groups in total. The second-order valence-corrected chi connectivity index (χ2v) is 5.96. The van der Waals surface area contributed by atoms with E-state index in [-0.39, 0.29) is 23.9 Å². The van der Waals surface area contributed by atoms with Crippen LogP contribution in [-0.2, 0) is 4.79 Å². The molecular formula is C14H25N3O2. The molecule has 108 valence electrons. The Kier molecular flexibility index (Phi) is 4.66. The van der Waals surface area contributed by atoms with Gasteiger partial charge in [-0.15, -0.1) is 0 Å². The van der Waals surface area contributed by atoms with Crippen LogP contribution in [0.2, 0.25) is 0 Å².